The normalized spacial score (nSPS) is 18.1. The molecule has 202 valence electrons. The number of carbonyl (C=O) groups is 1. The Balaban J connectivity index is 1.36. The van der Waals surface area contributed by atoms with E-state index in [0.29, 0.717) is 25.4 Å². The largest absolute Gasteiger partial charge is 0.493 e. The van der Waals surface area contributed by atoms with Crippen LogP contribution in [0.1, 0.15) is 65.6 Å². The lowest BCUT2D eigenvalue weighted by atomic mass is 9.96. The Kier molecular flexibility index (Phi) is 8.86. The van der Waals surface area contributed by atoms with Gasteiger partial charge in [0.15, 0.2) is 0 Å². The van der Waals surface area contributed by atoms with Gasteiger partial charge in [-0.15, -0.1) is 10.7 Å². The van der Waals surface area contributed by atoms with Crippen molar-refractivity contribution in [1.29, 1.82) is 0 Å². The van der Waals surface area contributed by atoms with Gasteiger partial charge in [-0.05, 0) is 98.5 Å². The fourth-order valence-electron chi connectivity index (χ4n) is 4.55. The monoisotopic (exact) mass is 558 g/mol. The average molecular weight is 559 g/mol. The van der Waals surface area contributed by atoms with Gasteiger partial charge in [0.05, 0.1) is 17.7 Å². The van der Waals surface area contributed by atoms with E-state index >= 15 is 0 Å². The lowest BCUT2D eigenvalue weighted by Crippen LogP contribution is -2.35. The molecule has 2 fully saturated rings. The van der Waals surface area contributed by atoms with Crippen molar-refractivity contribution in [1.82, 2.24) is 9.62 Å². The fourth-order valence-corrected chi connectivity index (χ4v) is 5.25. The molecule has 2 aromatic carbocycles. The predicted molar refractivity (Wildman–Crippen MR) is 141 cm³/mol. The van der Waals surface area contributed by atoms with Crippen molar-refractivity contribution < 1.29 is 27.1 Å². The molecule has 1 aliphatic carbocycles. The molecule has 10 heteroatoms. The number of alkyl halides is 3. The van der Waals surface area contributed by atoms with E-state index in [2.05, 4.69) is 4.72 Å². The summed E-state index contributed by atoms with van der Waals surface area (Å²) < 4.78 is 64.0. The summed E-state index contributed by atoms with van der Waals surface area (Å²) in [5.74, 6) is -0.0833. The number of amides is 1. The molecule has 2 aromatic rings. The van der Waals surface area contributed by atoms with Crippen LogP contribution in [0.4, 0.5) is 17.6 Å². The third-order valence-electron chi connectivity index (χ3n) is 6.92. The molecule has 1 saturated heterocycles. The van der Waals surface area contributed by atoms with Gasteiger partial charge in [-0.25, -0.2) is 4.39 Å². The van der Waals surface area contributed by atoms with Crippen molar-refractivity contribution in [2.45, 2.75) is 51.2 Å². The summed E-state index contributed by atoms with van der Waals surface area (Å²) in [6.45, 7) is 3.73. The molecule has 0 aromatic heterocycles. The van der Waals surface area contributed by atoms with E-state index in [1.807, 2.05) is 23.4 Å². The number of nitrogens with zero attached hydrogens (tertiary/aromatic N) is 1. The molecule has 1 amide bonds. The summed E-state index contributed by atoms with van der Waals surface area (Å²) in [5, 5.41) is 1.92. The van der Waals surface area contributed by atoms with Gasteiger partial charge in [0.25, 0.3) is 5.91 Å². The molecule has 1 aliphatic heterocycles. The summed E-state index contributed by atoms with van der Waals surface area (Å²) in [4.78, 5) is 14.5. The van der Waals surface area contributed by atoms with Crippen LogP contribution in [0.25, 0.3) is 0 Å². The van der Waals surface area contributed by atoms with E-state index < -0.39 is 34.1 Å². The van der Waals surface area contributed by atoms with Crippen LogP contribution in [-0.2, 0) is 12.7 Å². The van der Waals surface area contributed by atoms with Crippen LogP contribution in [0.5, 0.6) is 5.75 Å². The smallest absolute Gasteiger partial charge is 0.416 e. The minimum atomic E-state index is -4.45. The highest BCUT2D eigenvalue weighted by atomic mass is 35.5. The number of ether oxygens (including phenoxy) is 1. The van der Waals surface area contributed by atoms with Crippen LogP contribution >= 0.6 is 22.3 Å². The average Bonchev–Trinajstić information content (AvgIpc) is 3.69. The molecule has 1 unspecified atom stereocenters. The Morgan fingerprint density at radius 2 is 1.89 bits per heavy atom. The second-order valence-corrected chi connectivity index (χ2v) is 11.9. The van der Waals surface area contributed by atoms with Crippen molar-refractivity contribution in [3.63, 3.8) is 0 Å². The number of piperidine rings is 1. The van der Waals surface area contributed by atoms with E-state index in [9.17, 15) is 22.4 Å². The number of benzene rings is 2. The van der Waals surface area contributed by atoms with E-state index in [-0.39, 0.29) is 34.5 Å². The van der Waals surface area contributed by atoms with Crippen LogP contribution in [-0.4, -0.2) is 42.1 Å². The van der Waals surface area contributed by atoms with Crippen molar-refractivity contribution in [3.05, 3.63) is 63.4 Å². The standard InChI is InChI=1S/C27H31ClF4N2O2S/c1-3-37(2)33-26(35)22-13-21(18-4-5-18)25(14-24(22)29)36-16-17-8-10-34(11-9-17)15-19-6-7-20(28)12-23(19)27(30,31)32/h3,6-7,12-14,17-18H,4-5,8-11,15-16H2,1-2H3,(H,33,35). The lowest BCUT2D eigenvalue weighted by Gasteiger charge is -2.32. The second-order valence-electron chi connectivity index (χ2n) is 9.70. The van der Waals surface area contributed by atoms with Gasteiger partial charge < -0.3 is 9.46 Å². The molecule has 0 radical (unpaired) electrons. The minimum absolute atomic E-state index is 0.0317. The number of hydrogen-bond acceptors (Lipinski definition) is 3. The van der Waals surface area contributed by atoms with Crippen LogP contribution in [0.2, 0.25) is 5.02 Å². The van der Waals surface area contributed by atoms with Gasteiger partial charge in [0.1, 0.15) is 11.6 Å². The maximum Gasteiger partial charge on any atom is 0.416 e. The van der Waals surface area contributed by atoms with Crippen LogP contribution in [0.15, 0.2) is 30.3 Å². The van der Waals surface area contributed by atoms with E-state index in [1.54, 1.807) is 6.07 Å². The van der Waals surface area contributed by atoms with Gasteiger partial charge in [-0.3, -0.25) is 9.69 Å². The molecular weight excluding hydrogens is 528 g/mol. The molecule has 2 aliphatic rings. The zero-order chi connectivity index (χ0) is 26.7. The molecule has 1 heterocycles. The topological polar surface area (TPSA) is 41.6 Å². The summed E-state index contributed by atoms with van der Waals surface area (Å²) in [7, 11) is -0.441. The fraction of sp³-hybridized carbons (Fsp3) is 0.481. The van der Waals surface area contributed by atoms with Gasteiger partial charge in [0, 0.05) is 17.6 Å². The molecule has 1 atom stereocenters. The Bertz CT molecular complexity index is 1180. The Labute approximate surface area is 222 Å². The summed E-state index contributed by atoms with van der Waals surface area (Å²) in [6, 6.07) is 6.85. The first kappa shape index (κ1) is 27.9. The Hall–Kier alpha value is -2.10. The predicted octanol–water partition coefficient (Wildman–Crippen LogP) is 7.03. The minimum Gasteiger partial charge on any atom is -0.493 e. The van der Waals surface area contributed by atoms with E-state index in [0.717, 1.165) is 37.3 Å². The summed E-state index contributed by atoms with van der Waals surface area (Å²) in [5.41, 5.74) is 0.416. The van der Waals surface area contributed by atoms with Crippen molar-refractivity contribution in [3.8, 4) is 5.75 Å². The number of nitrogens with one attached hydrogen (secondary N) is 1. The molecule has 1 saturated carbocycles. The number of halogens is 5. The molecule has 0 spiro atoms. The van der Waals surface area contributed by atoms with Gasteiger partial charge in [0.2, 0.25) is 0 Å². The van der Waals surface area contributed by atoms with Crippen LogP contribution in [0, 0.1) is 11.7 Å². The third-order valence-corrected chi connectivity index (χ3v) is 8.37. The zero-order valence-corrected chi connectivity index (χ0v) is 22.4. The molecule has 4 rings (SSSR count). The summed E-state index contributed by atoms with van der Waals surface area (Å²) in [6.07, 6.45) is 0.890. The summed E-state index contributed by atoms with van der Waals surface area (Å²) >= 11 is 5.79. The van der Waals surface area contributed by atoms with Gasteiger partial charge in [-0.2, -0.15) is 13.2 Å². The van der Waals surface area contributed by atoms with Crippen LogP contribution < -0.4 is 9.46 Å². The first-order valence-electron chi connectivity index (χ1n) is 12.3. The number of hydrogen-bond donors (Lipinski definition) is 1. The molecule has 37 heavy (non-hydrogen) atoms. The van der Waals surface area contributed by atoms with Gasteiger partial charge >= 0.3 is 6.18 Å². The van der Waals surface area contributed by atoms with Crippen molar-refractivity contribution in [2.75, 3.05) is 26.0 Å². The first-order chi connectivity index (χ1) is 17.5. The second kappa shape index (κ2) is 11.7. The maximum atomic E-state index is 14.8. The highest BCUT2D eigenvalue weighted by molar-refractivity contribution is 8.13. The first-order valence-corrected chi connectivity index (χ1v) is 14.4. The van der Waals surface area contributed by atoms with Crippen LogP contribution in [0.3, 0.4) is 0 Å². The lowest BCUT2D eigenvalue weighted by molar-refractivity contribution is -0.138. The highest BCUT2D eigenvalue weighted by Crippen LogP contribution is 2.45. The highest BCUT2D eigenvalue weighted by Gasteiger charge is 2.34. The quantitative estimate of drug-likeness (QED) is 0.279. The maximum absolute atomic E-state index is 14.8. The Morgan fingerprint density at radius 3 is 2.51 bits per heavy atom. The molecule has 1 N–H and O–H groups in total. The van der Waals surface area contributed by atoms with Crippen molar-refractivity contribution >= 4 is 33.5 Å². The third kappa shape index (κ3) is 7.27. The van der Waals surface area contributed by atoms with Gasteiger partial charge in [-0.1, -0.05) is 17.7 Å². The van der Waals surface area contributed by atoms with Crippen molar-refractivity contribution in [2.24, 2.45) is 5.92 Å². The number of likely N-dealkylation sites (tertiary alicyclic amines) is 1. The molecule has 0 bridgehead atoms. The SMILES string of the molecule is C/C=S(\C)NC(=O)c1cc(C2CC2)c(OCC2CCN(Cc3ccc(Cl)cc3C(F)(F)F)CC2)cc1F. The van der Waals surface area contributed by atoms with E-state index in [4.69, 9.17) is 16.3 Å². The Morgan fingerprint density at radius 1 is 1.19 bits per heavy atom. The molecule has 4 nitrogen and oxygen atoms in total. The number of rotatable bonds is 8. The molecular formula is C27H31ClF4N2O2S. The number of carbonyl (C=O) groups excluding carboxylic acids is 1. The zero-order valence-electron chi connectivity index (χ0n) is 20.8. The van der Waals surface area contributed by atoms with E-state index in [1.165, 1.54) is 18.2 Å².